The molecular weight excluding hydrogens is 400 g/mol. The predicted octanol–water partition coefficient (Wildman–Crippen LogP) is 3.92. The number of hydrogen-bond donors (Lipinski definition) is 1. The van der Waals surface area contributed by atoms with Crippen molar-refractivity contribution in [3.05, 3.63) is 58.1 Å². The summed E-state index contributed by atoms with van der Waals surface area (Å²) in [5.41, 5.74) is 0.161. The second kappa shape index (κ2) is 8.06. The van der Waals surface area contributed by atoms with Gasteiger partial charge in [0.05, 0.1) is 22.8 Å². The van der Waals surface area contributed by atoms with E-state index in [1.165, 1.54) is 32.2 Å². The molecule has 1 amide bonds. The maximum Gasteiger partial charge on any atom is 0.337 e. The van der Waals surface area contributed by atoms with Gasteiger partial charge in [-0.2, -0.15) is 0 Å². The fourth-order valence-corrected chi connectivity index (χ4v) is 2.38. The lowest BCUT2D eigenvalue weighted by Gasteiger charge is -2.16. The summed E-state index contributed by atoms with van der Waals surface area (Å²) in [5.74, 6) is -2.44. The average molecular weight is 414 g/mol. The Hall–Kier alpha value is -2.48. The van der Waals surface area contributed by atoms with E-state index in [4.69, 9.17) is 4.74 Å². The van der Waals surface area contributed by atoms with Crippen LogP contribution < -0.4 is 10.1 Å². The van der Waals surface area contributed by atoms with Gasteiger partial charge < -0.3 is 14.8 Å². The molecule has 5 nitrogen and oxygen atoms in total. The predicted molar refractivity (Wildman–Crippen MR) is 90.6 cm³/mol. The van der Waals surface area contributed by atoms with Gasteiger partial charge in [0, 0.05) is 6.07 Å². The number of anilines is 1. The summed E-state index contributed by atoms with van der Waals surface area (Å²) in [7, 11) is 1.27. The highest BCUT2D eigenvalue weighted by Gasteiger charge is 2.18. The summed E-state index contributed by atoms with van der Waals surface area (Å²) in [5, 5.41) is 2.32. The first-order valence-corrected chi connectivity index (χ1v) is 7.91. The largest absolute Gasteiger partial charge is 0.480 e. The molecule has 2 aromatic rings. The number of amides is 1. The zero-order chi connectivity index (χ0) is 18.6. The molecule has 2 rings (SSSR count). The van der Waals surface area contributed by atoms with E-state index in [1.807, 2.05) is 0 Å². The van der Waals surface area contributed by atoms with Crippen LogP contribution in [-0.4, -0.2) is 25.1 Å². The van der Waals surface area contributed by atoms with Crippen LogP contribution in [0.15, 0.2) is 40.9 Å². The molecule has 0 heterocycles. The number of nitrogens with one attached hydrogen (secondary N) is 1. The molecule has 0 aliphatic rings. The molecule has 0 saturated carbocycles. The number of benzene rings is 2. The molecule has 0 saturated heterocycles. The van der Waals surface area contributed by atoms with E-state index in [-0.39, 0.29) is 5.69 Å². The number of hydrogen-bond acceptors (Lipinski definition) is 4. The van der Waals surface area contributed by atoms with Crippen molar-refractivity contribution in [2.75, 3.05) is 12.4 Å². The molecule has 0 radical (unpaired) electrons. The fraction of sp³-hybridized carbons (Fsp3) is 0.176. The molecule has 2 aromatic carbocycles. The zero-order valence-corrected chi connectivity index (χ0v) is 14.9. The Labute approximate surface area is 151 Å². The Morgan fingerprint density at radius 3 is 2.48 bits per heavy atom. The lowest BCUT2D eigenvalue weighted by atomic mass is 10.2. The maximum atomic E-state index is 13.6. The highest BCUT2D eigenvalue weighted by molar-refractivity contribution is 9.10. The van der Waals surface area contributed by atoms with Gasteiger partial charge in [0.15, 0.2) is 6.10 Å². The number of rotatable bonds is 5. The van der Waals surface area contributed by atoms with E-state index < -0.39 is 29.6 Å². The van der Waals surface area contributed by atoms with Crippen LogP contribution in [0.1, 0.15) is 17.3 Å². The van der Waals surface area contributed by atoms with Crippen LogP contribution in [0.5, 0.6) is 5.75 Å². The molecule has 0 spiro atoms. The summed E-state index contributed by atoms with van der Waals surface area (Å²) in [6.07, 6.45) is -0.968. The van der Waals surface area contributed by atoms with Gasteiger partial charge in [0.1, 0.15) is 17.4 Å². The smallest absolute Gasteiger partial charge is 0.337 e. The van der Waals surface area contributed by atoms with Crippen LogP contribution in [0.25, 0.3) is 0 Å². The molecule has 1 N–H and O–H groups in total. The van der Waals surface area contributed by atoms with Gasteiger partial charge in [-0.05, 0) is 53.2 Å². The second-order valence-electron chi connectivity index (χ2n) is 5.01. The standard InChI is InChI=1S/C17H14BrF2NO4/c1-9(16(22)21-14-5-4-11(19)8-13(14)20)25-15-6-3-10(7-12(15)18)17(23)24-2/h3-9H,1-2H3,(H,21,22). The molecule has 0 bridgehead atoms. The Kier molecular flexibility index (Phi) is 6.08. The minimum absolute atomic E-state index is 0.151. The van der Waals surface area contributed by atoms with Crippen LogP contribution in [0.2, 0.25) is 0 Å². The van der Waals surface area contributed by atoms with Crippen LogP contribution in [0.3, 0.4) is 0 Å². The van der Waals surface area contributed by atoms with Gasteiger partial charge in [-0.25, -0.2) is 13.6 Å². The molecule has 132 valence electrons. The van der Waals surface area contributed by atoms with Crippen molar-refractivity contribution < 1.29 is 27.8 Å². The van der Waals surface area contributed by atoms with Crippen molar-refractivity contribution in [1.29, 1.82) is 0 Å². The monoisotopic (exact) mass is 413 g/mol. The number of ether oxygens (including phenoxy) is 2. The van der Waals surface area contributed by atoms with Crippen molar-refractivity contribution in [1.82, 2.24) is 0 Å². The minimum Gasteiger partial charge on any atom is -0.480 e. The number of esters is 1. The van der Waals surface area contributed by atoms with Crippen molar-refractivity contribution >= 4 is 33.5 Å². The molecule has 0 fully saturated rings. The first-order valence-electron chi connectivity index (χ1n) is 7.12. The maximum absolute atomic E-state index is 13.6. The first-order chi connectivity index (χ1) is 11.8. The summed E-state index contributed by atoms with van der Waals surface area (Å²) < 4.78 is 37.0. The Balaban J connectivity index is 2.07. The van der Waals surface area contributed by atoms with Crippen molar-refractivity contribution in [2.24, 2.45) is 0 Å². The van der Waals surface area contributed by atoms with Gasteiger partial charge in [0.2, 0.25) is 0 Å². The number of halogens is 3. The lowest BCUT2D eigenvalue weighted by molar-refractivity contribution is -0.122. The normalized spacial score (nSPS) is 11.6. The van der Waals surface area contributed by atoms with Crippen molar-refractivity contribution in [2.45, 2.75) is 13.0 Å². The Morgan fingerprint density at radius 2 is 1.88 bits per heavy atom. The second-order valence-corrected chi connectivity index (χ2v) is 5.86. The quantitative estimate of drug-likeness (QED) is 0.754. The van der Waals surface area contributed by atoms with Gasteiger partial charge in [-0.3, -0.25) is 4.79 Å². The van der Waals surface area contributed by atoms with E-state index in [2.05, 4.69) is 26.0 Å². The molecule has 0 aliphatic heterocycles. The van der Waals surface area contributed by atoms with Crippen LogP contribution in [-0.2, 0) is 9.53 Å². The number of carbonyl (C=O) groups is 2. The average Bonchev–Trinajstić information content (AvgIpc) is 2.58. The molecule has 0 aliphatic carbocycles. The molecule has 8 heteroatoms. The fourth-order valence-electron chi connectivity index (χ4n) is 1.91. The van der Waals surface area contributed by atoms with Gasteiger partial charge >= 0.3 is 5.97 Å². The van der Waals surface area contributed by atoms with Gasteiger partial charge in [0.25, 0.3) is 5.91 Å². The summed E-state index contributed by atoms with van der Waals surface area (Å²) in [4.78, 5) is 23.6. The summed E-state index contributed by atoms with van der Waals surface area (Å²) >= 11 is 3.24. The third-order valence-corrected chi connectivity index (χ3v) is 3.83. The third-order valence-electron chi connectivity index (χ3n) is 3.21. The van der Waals surface area contributed by atoms with Gasteiger partial charge in [-0.15, -0.1) is 0 Å². The molecule has 0 aromatic heterocycles. The SMILES string of the molecule is COC(=O)c1ccc(OC(C)C(=O)Nc2ccc(F)cc2F)c(Br)c1. The van der Waals surface area contributed by atoms with E-state index in [0.29, 0.717) is 21.9 Å². The lowest BCUT2D eigenvalue weighted by Crippen LogP contribution is -2.30. The van der Waals surface area contributed by atoms with Crippen molar-refractivity contribution in [3.63, 3.8) is 0 Å². The van der Waals surface area contributed by atoms with Crippen LogP contribution in [0, 0.1) is 11.6 Å². The topological polar surface area (TPSA) is 64.6 Å². The summed E-state index contributed by atoms with van der Waals surface area (Å²) in [6.45, 7) is 1.47. The molecule has 1 unspecified atom stereocenters. The van der Waals surface area contributed by atoms with Crippen LogP contribution >= 0.6 is 15.9 Å². The van der Waals surface area contributed by atoms with Gasteiger partial charge in [-0.1, -0.05) is 0 Å². The van der Waals surface area contributed by atoms with Crippen molar-refractivity contribution in [3.8, 4) is 5.75 Å². The van der Waals surface area contributed by atoms with E-state index in [0.717, 1.165) is 12.1 Å². The van der Waals surface area contributed by atoms with E-state index in [9.17, 15) is 18.4 Å². The highest BCUT2D eigenvalue weighted by atomic mass is 79.9. The minimum atomic E-state index is -0.968. The van der Waals surface area contributed by atoms with E-state index >= 15 is 0 Å². The molecule has 25 heavy (non-hydrogen) atoms. The Morgan fingerprint density at radius 1 is 1.16 bits per heavy atom. The number of methoxy groups -OCH3 is 1. The Bertz CT molecular complexity index is 813. The zero-order valence-electron chi connectivity index (χ0n) is 13.3. The summed E-state index contributed by atoms with van der Waals surface area (Å²) in [6, 6.07) is 7.30. The van der Waals surface area contributed by atoms with Crippen LogP contribution in [0.4, 0.5) is 14.5 Å². The highest BCUT2D eigenvalue weighted by Crippen LogP contribution is 2.27. The number of carbonyl (C=O) groups excluding carboxylic acids is 2. The molecule has 1 atom stereocenters. The first kappa shape index (κ1) is 18.9. The molecular formula is C17H14BrF2NO4. The van der Waals surface area contributed by atoms with E-state index in [1.54, 1.807) is 0 Å². The third kappa shape index (κ3) is 4.76.